The standard InChI is InChI=1S/C4H8N2O2.2ClH.Ni/c1-3(5-7)4(2)6-8;;;/h7-8H,1-2H3;2*1H;/q;;;+2/p-2. The Morgan fingerprint density at radius 1 is 1.09 bits per heavy atom. The predicted molar refractivity (Wildman–Crippen MR) is 41.5 cm³/mol. The van der Waals surface area contributed by atoms with Crippen molar-refractivity contribution in [2.45, 2.75) is 13.8 Å². The molecule has 0 aromatic rings. The van der Waals surface area contributed by atoms with Crippen molar-refractivity contribution in [2.75, 3.05) is 0 Å². The Morgan fingerprint density at radius 2 is 1.27 bits per heavy atom. The van der Waals surface area contributed by atoms with Crippen LogP contribution in [0.4, 0.5) is 0 Å². The number of hydrogen-bond acceptors (Lipinski definition) is 4. The summed E-state index contributed by atoms with van der Waals surface area (Å²) < 4.78 is 0. The third-order valence-electron chi connectivity index (χ3n) is 0.824. The Hall–Kier alpha value is 0.0135. The van der Waals surface area contributed by atoms with E-state index < -0.39 is 0 Å². The maximum atomic E-state index is 8.03. The molecule has 0 bridgehead atoms. The maximum absolute atomic E-state index is 8.03. The van der Waals surface area contributed by atoms with E-state index in [2.05, 4.69) is 10.3 Å². The van der Waals surface area contributed by atoms with Gasteiger partial charge in [-0.2, -0.15) is 0 Å². The second-order valence-electron chi connectivity index (χ2n) is 1.42. The molecule has 0 amide bonds. The van der Waals surface area contributed by atoms with Gasteiger partial charge >= 0.3 is 33.0 Å². The third-order valence-corrected chi connectivity index (χ3v) is 0.824. The van der Waals surface area contributed by atoms with Crippen LogP contribution in [0.5, 0.6) is 0 Å². The van der Waals surface area contributed by atoms with Gasteiger partial charge in [-0.1, -0.05) is 10.3 Å². The first-order chi connectivity index (χ1) is 5.13. The summed E-state index contributed by atoms with van der Waals surface area (Å²) >= 11 is 0.569. The average Bonchev–Trinajstić information content (AvgIpc) is 2.03. The van der Waals surface area contributed by atoms with Crippen molar-refractivity contribution in [3.05, 3.63) is 0 Å². The van der Waals surface area contributed by atoms with Gasteiger partial charge in [0.15, 0.2) is 0 Å². The zero-order valence-electron chi connectivity index (χ0n) is 5.86. The Kier molecular flexibility index (Phi) is 12.4. The summed E-state index contributed by atoms with van der Waals surface area (Å²) in [6.07, 6.45) is 0. The summed E-state index contributed by atoms with van der Waals surface area (Å²) in [6.45, 7) is 3.07. The fourth-order valence-electron chi connectivity index (χ4n) is 0.145. The summed E-state index contributed by atoms with van der Waals surface area (Å²) in [5, 5.41) is 21.6. The molecule has 0 atom stereocenters. The number of oxime groups is 2. The second kappa shape index (κ2) is 10.0. The summed E-state index contributed by atoms with van der Waals surface area (Å²) in [4.78, 5) is 0. The van der Waals surface area contributed by atoms with Gasteiger partial charge in [0.1, 0.15) is 11.4 Å². The zero-order valence-corrected chi connectivity index (χ0v) is 8.36. The second-order valence-corrected chi connectivity index (χ2v) is 3.05. The van der Waals surface area contributed by atoms with Gasteiger partial charge in [0.05, 0.1) is 0 Å². The molecule has 0 aliphatic carbocycles. The zero-order chi connectivity index (χ0) is 9.28. The average molecular weight is 246 g/mol. The van der Waals surface area contributed by atoms with Crippen molar-refractivity contribution < 1.29 is 23.1 Å². The van der Waals surface area contributed by atoms with Crippen molar-refractivity contribution in [3.63, 3.8) is 0 Å². The van der Waals surface area contributed by atoms with E-state index in [1.54, 1.807) is 0 Å². The molecule has 11 heavy (non-hydrogen) atoms. The van der Waals surface area contributed by atoms with E-state index in [9.17, 15) is 0 Å². The predicted octanol–water partition coefficient (Wildman–Crippen LogP) is 2.06. The molecule has 0 aromatic heterocycles. The van der Waals surface area contributed by atoms with Gasteiger partial charge in [-0.15, -0.1) is 0 Å². The van der Waals surface area contributed by atoms with E-state index in [1.807, 2.05) is 0 Å². The van der Waals surface area contributed by atoms with E-state index in [0.717, 1.165) is 0 Å². The summed E-state index contributed by atoms with van der Waals surface area (Å²) in [5.74, 6) is 0. The van der Waals surface area contributed by atoms with E-state index in [1.165, 1.54) is 13.8 Å². The molecule has 7 heteroatoms. The molecular formula is C4H8Cl2N2NiO2. The number of halogens is 2. The Bertz CT molecular complexity index is 135. The molecule has 0 rings (SSSR count). The van der Waals surface area contributed by atoms with Crippen LogP contribution in [0.3, 0.4) is 0 Å². The van der Waals surface area contributed by atoms with Crippen LogP contribution in [-0.2, 0) is 12.7 Å². The number of nitrogens with zero attached hydrogens (tertiary/aromatic N) is 2. The van der Waals surface area contributed by atoms with Crippen LogP contribution in [0.2, 0.25) is 0 Å². The number of rotatable bonds is 1. The van der Waals surface area contributed by atoms with Gasteiger partial charge in [-0.3, -0.25) is 0 Å². The Balaban J connectivity index is 0. The first-order valence-corrected chi connectivity index (χ1v) is 5.05. The third kappa shape index (κ3) is 10.0. The first-order valence-electron chi connectivity index (χ1n) is 2.34. The quantitative estimate of drug-likeness (QED) is 0.321. The van der Waals surface area contributed by atoms with Crippen LogP contribution in [0.1, 0.15) is 13.8 Å². The van der Waals surface area contributed by atoms with Crippen molar-refractivity contribution >= 4 is 31.8 Å². The van der Waals surface area contributed by atoms with Crippen molar-refractivity contribution in [1.29, 1.82) is 0 Å². The molecule has 0 radical (unpaired) electrons. The van der Waals surface area contributed by atoms with Crippen molar-refractivity contribution in [2.24, 2.45) is 10.3 Å². The van der Waals surface area contributed by atoms with Crippen LogP contribution < -0.4 is 0 Å². The molecular weight excluding hydrogens is 238 g/mol. The normalized spacial score (nSPS) is 12.4. The van der Waals surface area contributed by atoms with Gasteiger partial charge < -0.3 is 10.4 Å². The molecule has 0 fully saturated rings. The molecule has 0 unspecified atom stereocenters. The van der Waals surface area contributed by atoms with Crippen LogP contribution in [0.15, 0.2) is 10.3 Å². The first kappa shape index (κ1) is 13.6. The topological polar surface area (TPSA) is 65.2 Å². The molecule has 70 valence electrons. The van der Waals surface area contributed by atoms with E-state index >= 15 is 0 Å². The van der Waals surface area contributed by atoms with E-state index in [-0.39, 0.29) is 0 Å². The van der Waals surface area contributed by atoms with E-state index in [4.69, 9.17) is 30.8 Å². The summed E-state index contributed by atoms with van der Waals surface area (Å²) in [6, 6.07) is 0. The molecule has 0 spiro atoms. The minimum atomic E-state index is 0.313. The minimum absolute atomic E-state index is 0.313. The van der Waals surface area contributed by atoms with E-state index in [0.29, 0.717) is 24.1 Å². The van der Waals surface area contributed by atoms with Crippen LogP contribution in [-0.4, -0.2) is 21.8 Å². The molecule has 2 N–H and O–H groups in total. The van der Waals surface area contributed by atoms with Gasteiger partial charge in [0, 0.05) is 0 Å². The fourth-order valence-corrected chi connectivity index (χ4v) is 0.145. The SMILES string of the molecule is CC(=NO)C(C)=NO.[Cl][Ni][Cl]. The van der Waals surface area contributed by atoms with Crippen molar-refractivity contribution in [3.8, 4) is 0 Å². The van der Waals surface area contributed by atoms with Gasteiger partial charge in [-0.25, -0.2) is 0 Å². The fraction of sp³-hybridized carbons (Fsp3) is 0.500. The molecule has 0 saturated carbocycles. The van der Waals surface area contributed by atoms with Crippen molar-refractivity contribution in [1.82, 2.24) is 0 Å². The molecule has 0 saturated heterocycles. The molecule has 0 aliphatic heterocycles. The monoisotopic (exact) mass is 244 g/mol. The summed E-state index contributed by atoms with van der Waals surface area (Å²) in [7, 11) is 9.40. The van der Waals surface area contributed by atoms with Gasteiger partial charge in [-0.05, 0) is 13.8 Å². The molecule has 0 aromatic carbocycles. The number of hydrogen-bond donors (Lipinski definition) is 2. The van der Waals surface area contributed by atoms with Gasteiger partial charge in [0.2, 0.25) is 0 Å². The van der Waals surface area contributed by atoms with Crippen LogP contribution in [0, 0.1) is 0 Å². The van der Waals surface area contributed by atoms with Crippen LogP contribution >= 0.6 is 20.4 Å². The Labute approximate surface area is 79.2 Å². The van der Waals surface area contributed by atoms with Crippen LogP contribution in [0.25, 0.3) is 0 Å². The van der Waals surface area contributed by atoms with Gasteiger partial charge in [0.25, 0.3) is 0 Å². The molecule has 0 heterocycles. The Morgan fingerprint density at radius 3 is 1.36 bits per heavy atom. The molecule has 0 aliphatic rings. The molecule has 4 nitrogen and oxygen atoms in total. The summed E-state index contributed by atoms with van der Waals surface area (Å²) in [5.41, 5.74) is 0.625.